The van der Waals surface area contributed by atoms with Gasteiger partial charge in [-0.25, -0.2) is 9.97 Å². The van der Waals surface area contributed by atoms with E-state index in [1.807, 2.05) is 24.3 Å². The third-order valence-corrected chi connectivity index (χ3v) is 6.47. The molecular formula is C21H15Br2N3O2. The van der Waals surface area contributed by atoms with E-state index >= 15 is 0 Å². The van der Waals surface area contributed by atoms with Crippen molar-refractivity contribution in [1.82, 2.24) is 14.5 Å². The molecule has 2 aromatic heterocycles. The predicted octanol–water partition coefficient (Wildman–Crippen LogP) is 5.03. The Labute approximate surface area is 177 Å². The van der Waals surface area contributed by atoms with Gasteiger partial charge in [-0.05, 0) is 65.2 Å². The fourth-order valence-electron chi connectivity index (χ4n) is 3.60. The average Bonchev–Trinajstić information content (AvgIpc) is 2.63. The third-order valence-electron chi connectivity index (χ3n) is 5.22. The van der Waals surface area contributed by atoms with Crippen LogP contribution in [-0.2, 0) is 13.2 Å². The van der Waals surface area contributed by atoms with Gasteiger partial charge in [-0.15, -0.1) is 0 Å². The highest BCUT2D eigenvalue weighted by Gasteiger charge is 2.21. The van der Waals surface area contributed by atoms with E-state index in [4.69, 9.17) is 14.7 Å². The summed E-state index contributed by atoms with van der Waals surface area (Å²) in [4.78, 5) is 22.4. The van der Waals surface area contributed by atoms with Crippen molar-refractivity contribution in [2.75, 3.05) is 0 Å². The Morgan fingerprint density at radius 1 is 0.964 bits per heavy atom. The molecular weight excluding hydrogens is 486 g/mol. The minimum atomic E-state index is -0.0998. The molecule has 0 N–H and O–H groups in total. The number of ether oxygens (including phenoxy) is 1. The SMILES string of the molecule is Cc1cc2nc3c(nc2cc1C)Cn1c(=O)ccc2c(Br)cc(Br)c(c21)OC3. The topological polar surface area (TPSA) is 57.0 Å². The highest BCUT2D eigenvalue weighted by molar-refractivity contribution is 9.11. The van der Waals surface area contributed by atoms with Gasteiger partial charge in [0.15, 0.2) is 5.75 Å². The van der Waals surface area contributed by atoms with Gasteiger partial charge in [0, 0.05) is 15.9 Å². The molecule has 0 bridgehead atoms. The third kappa shape index (κ3) is 2.68. The number of aryl methyl sites for hydroxylation is 2. The molecule has 0 aliphatic carbocycles. The second-order valence-corrected chi connectivity index (χ2v) is 8.73. The summed E-state index contributed by atoms with van der Waals surface area (Å²) in [5.41, 5.74) is 6.17. The molecule has 0 radical (unpaired) electrons. The molecule has 7 heteroatoms. The van der Waals surface area contributed by atoms with Gasteiger partial charge in [0.1, 0.15) is 12.3 Å². The van der Waals surface area contributed by atoms with E-state index < -0.39 is 0 Å². The normalized spacial score (nSPS) is 13.1. The van der Waals surface area contributed by atoms with E-state index in [2.05, 4.69) is 45.7 Å². The van der Waals surface area contributed by atoms with Crippen LogP contribution in [0.4, 0.5) is 0 Å². The van der Waals surface area contributed by atoms with E-state index in [0.717, 1.165) is 42.3 Å². The van der Waals surface area contributed by atoms with Crippen molar-refractivity contribution in [3.05, 3.63) is 72.1 Å². The molecule has 4 aromatic rings. The number of halogens is 2. The van der Waals surface area contributed by atoms with Gasteiger partial charge < -0.3 is 4.74 Å². The lowest BCUT2D eigenvalue weighted by Crippen LogP contribution is -2.24. The first-order chi connectivity index (χ1) is 13.4. The minimum absolute atomic E-state index is 0.0998. The second-order valence-electron chi connectivity index (χ2n) is 7.02. The maximum Gasteiger partial charge on any atom is 0.251 e. The first kappa shape index (κ1) is 17.8. The Balaban J connectivity index is 1.82. The molecule has 28 heavy (non-hydrogen) atoms. The van der Waals surface area contributed by atoms with Gasteiger partial charge in [0.05, 0.1) is 33.3 Å². The summed E-state index contributed by atoms with van der Waals surface area (Å²) in [6, 6.07) is 9.42. The van der Waals surface area contributed by atoms with E-state index in [1.54, 1.807) is 10.6 Å². The highest BCUT2D eigenvalue weighted by atomic mass is 79.9. The van der Waals surface area contributed by atoms with Crippen molar-refractivity contribution < 1.29 is 4.74 Å². The second kappa shape index (κ2) is 6.39. The zero-order chi connectivity index (χ0) is 19.6. The van der Waals surface area contributed by atoms with Gasteiger partial charge in [-0.1, -0.05) is 15.9 Å². The number of aromatic nitrogens is 3. The number of pyridine rings is 1. The Kier molecular flexibility index (Phi) is 4.07. The molecule has 1 aliphatic heterocycles. The van der Waals surface area contributed by atoms with Crippen LogP contribution in [0.5, 0.6) is 5.75 Å². The number of rotatable bonds is 0. The molecule has 0 atom stereocenters. The van der Waals surface area contributed by atoms with Crippen LogP contribution >= 0.6 is 31.9 Å². The van der Waals surface area contributed by atoms with E-state index in [0.29, 0.717) is 18.9 Å². The molecule has 3 heterocycles. The zero-order valence-corrected chi connectivity index (χ0v) is 18.4. The Morgan fingerprint density at radius 2 is 1.64 bits per heavy atom. The number of hydrogen-bond acceptors (Lipinski definition) is 4. The van der Waals surface area contributed by atoms with E-state index in [1.165, 1.54) is 11.1 Å². The van der Waals surface area contributed by atoms with Crippen LogP contribution in [0, 0.1) is 13.8 Å². The Morgan fingerprint density at radius 3 is 2.36 bits per heavy atom. The van der Waals surface area contributed by atoms with Crippen LogP contribution in [0.25, 0.3) is 21.9 Å². The summed E-state index contributed by atoms with van der Waals surface area (Å²) < 4.78 is 9.53. The van der Waals surface area contributed by atoms with Gasteiger partial charge in [0.2, 0.25) is 0 Å². The number of nitrogens with zero attached hydrogens (tertiary/aromatic N) is 3. The van der Waals surface area contributed by atoms with Crippen molar-refractivity contribution in [1.29, 1.82) is 0 Å². The lowest BCUT2D eigenvalue weighted by molar-refractivity contribution is 0.297. The molecule has 2 aromatic carbocycles. The lowest BCUT2D eigenvalue weighted by atomic mass is 10.1. The van der Waals surface area contributed by atoms with E-state index in [9.17, 15) is 4.79 Å². The molecule has 0 saturated carbocycles. The maximum absolute atomic E-state index is 12.7. The fourth-order valence-corrected chi connectivity index (χ4v) is 4.98. The van der Waals surface area contributed by atoms with Gasteiger partial charge >= 0.3 is 0 Å². The van der Waals surface area contributed by atoms with Gasteiger partial charge in [0.25, 0.3) is 5.56 Å². The van der Waals surface area contributed by atoms with Gasteiger partial charge in [-0.3, -0.25) is 9.36 Å². The summed E-state index contributed by atoms with van der Waals surface area (Å²) >= 11 is 7.16. The number of benzene rings is 2. The van der Waals surface area contributed by atoms with Crippen molar-refractivity contribution in [3.63, 3.8) is 0 Å². The van der Waals surface area contributed by atoms with Crippen molar-refractivity contribution >= 4 is 53.8 Å². The molecule has 5 rings (SSSR count). The summed E-state index contributed by atoms with van der Waals surface area (Å²) in [6.45, 7) is 4.77. The first-order valence-corrected chi connectivity index (χ1v) is 10.4. The van der Waals surface area contributed by atoms with Crippen LogP contribution in [0.15, 0.2) is 44.1 Å². The molecule has 0 amide bonds. The molecule has 0 saturated heterocycles. The smallest absolute Gasteiger partial charge is 0.251 e. The summed E-state index contributed by atoms with van der Waals surface area (Å²) in [6.07, 6.45) is 0. The zero-order valence-electron chi connectivity index (χ0n) is 15.2. The van der Waals surface area contributed by atoms with Crippen LogP contribution in [0.3, 0.4) is 0 Å². The average molecular weight is 501 g/mol. The number of fused-ring (bicyclic) bond motifs is 2. The fraction of sp³-hybridized carbons (Fsp3) is 0.190. The summed E-state index contributed by atoms with van der Waals surface area (Å²) in [5, 5.41) is 0.918. The summed E-state index contributed by atoms with van der Waals surface area (Å²) in [7, 11) is 0. The Hall–Kier alpha value is -2.25. The van der Waals surface area contributed by atoms with Crippen molar-refractivity contribution in [2.45, 2.75) is 27.0 Å². The Bertz CT molecular complexity index is 1360. The molecule has 140 valence electrons. The van der Waals surface area contributed by atoms with Gasteiger partial charge in [-0.2, -0.15) is 0 Å². The van der Waals surface area contributed by atoms with E-state index in [-0.39, 0.29) is 5.56 Å². The van der Waals surface area contributed by atoms with Crippen LogP contribution in [0.1, 0.15) is 22.5 Å². The quantitative estimate of drug-likeness (QED) is 0.340. The maximum atomic E-state index is 12.7. The molecule has 1 aliphatic rings. The molecule has 0 fully saturated rings. The first-order valence-electron chi connectivity index (χ1n) is 8.83. The molecule has 0 unspecified atom stereocenters. The highest BCUT2D eigenvalue weighted by Crippen LogP contribution is 2.39. The standard InChI is InChI=1S/C21H15Br2N3O2/c1-10-5-15-16(6-11(10)2)25-18-9-28-21-14(23)7-13(22)12-3-4-19(27)26(20(12)21)8-17(18)24-15/h3-7H,8-9H2,1-2H3. The van der Waals surface area contributed by atoms with Crippen molar-refractivity contribution in [3.8, 4) is 5.75 Å². The summed E-state index contributed by atoms with van der Waals surface area (Å²) in [5.74, 6) is 0.642. The largest absolute Gasteiger partial charge is 0.484 e. The van der Waals surface area contributed by atoms with Crippen molar-refractivity contribution in [2.24, 2.45) is 0 Å². The van der Waals surface area contributed by atoms with Crippen LogP contribution in [0.2, 0.25) is 0 Å². The number of hydrogen-bond donors (Lipinski definition) is 0. The monoisotopic (exact) mass is 499 g/mol. The molecule has 5 nitrogen and oxygen atoms in total. The predicted molar refractivity (Wildman–Crippen MR) is 116 cm³/mol. The van der Waals surface area contributed by atoms with Crippen LogP contribution in [-0.4, -0.2) is 14.5 Å². The molecule has 0 spiro atoms. The lowest BCUT2D eigenvalue weighted by Gasteiger charge is -2.21. The minimum Gasteiger partial charge on any atom is -0.484 e. The van der Waals surface area contributed by atoms with Crippen LogP contribution < -0.4 is 10.3 Å².